The van der Waals surface area contributed by atoms with E-state index in [0.717, 1.165) is 11.1 Å². The van der Waals surface area contributed by atoms with Gasteiger partial charge in [-0.2, -0.15) is 0 Å². The zero-order valence-electron chi connectivity index (χ0n) is 15.1. The van der Waals surface area contributed by atoms with E-state index >= 15 is 0 Å². The average Bonchev–Trinajstić information content (AvgIpc) is 2.56. The molecule has 0 heterocycles. The molecule has 0 aromatic heterocycles. The molecule has 0 unspecified atom stereocenters. The molecule has 2 rings (SSSR count). The summed E-state index contributed by atoms with van der Waals surface area (Å²) < 4.78 is 40.1. The summed E-state index contributed by atoms with van der Waals surface area (Å²) in [6.45, 7) is 5.64. The zero-order valence-corrected chi connectivity index (χ0v) is 15.9. The van der Waals surface area contributed by atoms with Gasteiger partial charge in [-0.1, -0.05) is 6.07 Å². The predicted molar refractivity (Wildman–Crippen MR) is 100 cm³/mol. The van der Waals surface area contributed by atoms with Gasteiger partial charge in [0.25, 0.3) is 0 Å². The molecule has 0 bridgehead atoms. The summed E-state index contributed by atoms with van der Waals surface area (Å²) in [5, 5.41) is 2.70. The van der Waals surface area contributed by atoms with Crippen LogP contribution in [-0.2, 0) is 14.8 Å². The molecule has 0 radical (unpaired) electrons. The minimum atomic E-state index is -3.59. The Kier molecular flexibility index (Phi) is 6.50. The molecular weight excluding hydrogens is 355 g/mol. The van der Waals surface area contributed by atoms with Crippen LogP contribution in [0.4, 0.5) is 10.1 Å². The zero-order chi connectivity index (χ0) is 19.3. The van der Waals surface area contributed by atoms with Gasteiger partial charge in [0.2, 0.25) is 15.9 Å². The molecule has 0 saturated carbocycles. The topological polar surface area (TPSA) is 75.3 Å². The fraction of sp³-hybridized carbons (Fsp3) is 0.316. The van der Waals surface area contributed by atoms with E-state index < -0.39 is 10.0 Å². The first kappa shape index (κ1) is 20.1. The lowest BCUT2D eigenvalue weighted by Gasteiger charge is -2.10. The van der Waals surface area contributed by atoms with Crippen molar-refractivity contribution in [2.45, 2.75) is 38.5 Å². The van der Waals surface area contributed by atoms with Crippen molar-refractivity contribution in [3.05, 3.63) is 58.9 Å². The number of rotatable bonds is 7. The molecule has 5 nitrogen and oxygen atoms in total. The Bertz CT molecular complexity index is 911. The number of halogens is 1. The van der Waals surface area contributed by atoms with Crippen LogP contribution in [0.15, 0.2) is 41.3 Å². The molecule has 0 fully saturated rings. The fourth-order valence-corrected chi connectivity index (χ4v) is 3.56. The molecule has 2 aromatic carbocycles. The lowest BCUT2D eigenvalue weighted by molar-refractivity contribution is -0.116. The predicted octanol–water partition coefficient (Wildman–Crippen LogP) is 3.45. The van der Waals surface area contributed by atoms with Gasteiger partial charge in [-0.05, 0) is 74.2 Å². The van der Waals surface area contributed by atoms with Gasteiger partial charge in [0.1, 0.15) is 5.82 Å². The number of benzene rings is 2. The summed E-state index contributed by atoms with van der Waals surface area (Å²) in [6.07, 6.45) is 0.516. The van der Waals surface area contributed by atoms with Gasteiger partial charge in [0, 0.05) is 18.7 Å². The number of carbonyl (C=O) groups is 1. The Labute approximate surface area is 153 Å². The summed E-state index contributed by atoms with van der Waals surface area (Å²) in [5.74, 6) is -0.605. The van der Waals surface area contributed by atoms with E-state index in [4.69, 9.17) is 0 Å². The Morgan fingerprint density at radius 3 is 2.38 bits per heavy atom. The van der Waals surface area contributed by atoms with E-state index in [1.54, 1.807) is 25.1 Å². The van der Waals surface area contributed by atoms with Gasteiger partial charge >= 0.3 is 0 Å². The number of anilines is 1. The molecule has 0 aliphatic rings. The van der Waals surface area contributed by atoms with Crippen LogP contribution in [0.5, 0.6) is 0 Å². The third-order valence-corrected chi connectivity index (χ3v) is 5.58. The maximum Gasteiger partial charge on any atom is 0.240 e. The normalized spacial score (nSPS) is 11.4. The van der Waals surface area contributed by atoms with Crippen LogP contribution >= 0.6 is 0 Å². The highest BCUT2D eigenvalue weighted by Gasteiger charge is 2.14. The standard InChI is InChI=1S/C19H23FN2O3S/c1-13-6-8-17(12-14(13)2)26(24,25)21-10-4-5-19(23)22-18-9-7-16(20)11-15(18)3/h6-9,11-12,21H,4-5,10H2,1-3H3,(H,22,23). The van der Waals surface area contributed by atoms with Crippen molar-refractivity contribution in [1.29, 1.82) is 0 Å². The maximum atomic E-state index is 13.1. The Morgan fingerprint density at radius 2 is 1.73 bits per heavy atom. The van der Waals surface area contributed by atoms with E-state index in [-0.39, 0.29) is 29.6 Å². The van der Waals surface area contributed by atoms with Gasteiger partial charge in [0.05, 0.1) is 4.90 Å². The van der Waals surface area contributed by atoms with Crippen LogP contribution < -0.4 is 10.0 Å². The van der Waals surface area contributed by atoms with Crippen molar-refractivity contribution < 1.29 is 17.6 Å². The Morgan fingerprint density at radius 1 is 1.00 bits per heavy atom. The molecule has 26 heavy (non-hydrogen) atoms. The molecule has 1 amide bonds. The van der Waals surface area contributed by atoms with Crippen LogP contribution in [0.2, 0.25) is 0 Å². The number of sulfonamides is 1. The van der Waals surface area contributed by atoms with Crippen LogP contribution in [0.3, 0.4) is 0 Å². The lowest BCUT2D eigenvalue weighted by Crippen LogP contribution is -2.26. The quantitative estimate of drug-likeness (QED) is 0.725. The first-order valence-corrected chi connectivity index (χ1v) is 9.80. The Hall–Kier alpha value is -2.25. The minimum absolute atomic E-state index is 0.158. The highest BCUT2D eigenvalue weighted by molar-refractivity contribution is 7.89. The van der Waals surface area contributed by atoms with Crippen molar-refractivity contribution in [2.24, 2.45) is 0 Å². The van der Waals surface area contributed by atoms with Gasteiger partial charge in [-0.15, -0.1) is 0 Å². The molecular formula is C19H23FN2O3S. The second kappa shape index (κ2) is 8.42. The molecule has 2 N–H and O–H groups in total. The number of aryl methyl sites for hydroxylation is 3. The van der Waals surface area contributed by atoms with E-state index in [9.17, 15) is 17.6 Å². The van der Waals surface area contributed by atoms with E-state index in [0.29, 0.717) is 17.7 Å². The number of carbonyl (C=O) groups excluding carboxylic acids is 1. The van der Waals surface area contributed by atoms with E-state index in [1.807, 2.05) is 13.8 Å². The van der Waals surface area contributed by atoms with E-state index in [1.165, 1.54) is 18.2 Å². The van der Waals surface area contributed by atoms with Crippen molar-refractivity contribution in [2.75, 3.05) is 11.9 Å². The number of amides is 1. The number of hydrogen-bond donors (Lipinski definition) is 2. The minimum Gasteiger partial charge on any atom is -0.326 e. The first-order valence-electron chi connectivity index (χ1n) is 8.32. The lowest BCUT2D eigenvalue weighted by atomic mass is 10.1. The molecule has 0 aliphatic heterocycles. The number of hydrogen-bond acceptors (Lipinski definition) is 3. The van der Waals surface area contributed by atoms with Gasteiger partial charge in [-0.25, -0.2) is 17.5 Å². The maximum absolute atomic E-state index is 13.1. The second-order valence-corrected chi connectivity index (χ2v) is 8.02. The van der Waals surface area contributed by atoms with Crippen LogP contribution in [0, 0.1) is 26.6 Å². The SMILES string of the molecule is Cc1ccc(S(=O)(=O)NCCCC(=O)Nc2ccc(F)cc2C)cc1C. The van der Waals surface area contributed by atoms with Gasteiger partial charge in [-0.3, -0.25) is 4.79 Å². The van der Waals surface area contributed by atoms with Crippen molar-refractivity contribution >= 4 is 21.6 Å². The van der Waals surface area contributed by atoms with Gasteiger partial charge in [0.15, 0.2) is 0 Å². The monoisotopic (exact) mass is 378 g/mol. The van der Waals surface area contributed by atoms with Crippen LogP contribution in [-0.4, -0.2) is 20.9 Å². The summed E-state index contributed by atoms with van der Waals surface area (Å²) in [5.41, 5.74) is 3.11. The summed E-state index contributed by atoms with van der Waals surface area (Å²) >= 11 is 0. The van der Waals surface area contributed by atoms with E-state index in [2.05, 4.69) is 10.0 Å². The smallest absolute Gasteiger partial charge is 0.240 e. The van der Waals surface area contributed by atoms with Gasteiger partial charge < -0.3 is 5.32 Å². The van der Waals surface area contributed by atoms with Crippen LogP contribution in [0.25, 0.3) is 0 Å². The first-order chi connectivity index (χ1) is 12.2. The molecule has 7 heteroatoms. The third-order valence-electron chi connectivity index (χ3n) is 4.12. The molecule has 0 aliphatic carbocycles. The largest absolute Gasteiger partial charge is 0.326 e. The fourth-order valence-electron chi connectivity index (χ4n) is 2.40. The molecule has 140 valence electrons. The summed E-state index contributed by atoms with van der Waals surface area (Å²) in [7, 11) is -3.59. The number of nitrogens with one attached hydrogen (secondary N) is 2. The van der Waals surface area contributed by atoms with Crippen molar-refractivity contribution in [3.8, 4) is 0 Å². The molecule has 0 saturated heterocycles. The summed E-state index contributed by atoms with van der Waals surface area (Å²) in [4.78, 5) is 12.2. The molecule has 0 atom stereocenters. The van der Waals surface area contributed by atoms with Crippen LogP contribution in [0.1, 0.15) is 29.5 Å². The average molecular weight is 378 g/mol. The molecule has 0 spiro atoms. The van der Waals surface area contributed by atoms with Crippen molar-refractivity contribution in [3.63, 3.8) is 0 Å². The second-order valence-electron chi connectivity index (χ2n) is 6.25. The third kappa shape index (κ3) is 5.37. The highest BCUT2D eigenvalue weighted by atomic mass is 32.2. The summed E-state index contributed by atoms with van der Waals surface area (Å²) in [6, 6.07) is 9.08. The van der Waals surface area contributed by atoms with Crippen molar-refractivity contribution in [1.82, 2.24) is 4.72 Å². The Balaban J connectivity index is 1.83. The molecule has 2 aromatic rings. The highest BCUT2D eigenvalue weighted by Crippen LogP contribution is 2.16.